The molecule has 0 amide bonds. The topological polar surface area (TPSA) is 40.1 Å². The molecule has 2 nitrogen and oxygen atoms in total. The van der Waals surface area contributed by atoms with E-state index >= 15 is 0 Å². The number of hydrogen-bond acceptors (Lipinski definition) is 2. The number of ketones is 1. The minimum Gasteiger partial charge on any atom is -0.878 e. The van der Waals surface area contributed by atoms with Gasteiger partial charge in [0.05, 0.1) is 0 Å². The second kappa shape index (κ2) is 5.35. The van der Waals surface area contributed by atoms with Crippen LogP contribution in [0.25, 0.3) is 0 Å². The van der Waals surface area contributed by atoms with Crippen molar-refractivity contribution in [3.63, 3.8) is 0 Å². The summed E-state index contributed by atoms with van der Waals surface area (Å²) in [4.78, 5) is 10.1. The van der Waals surface area contributed by atoms with Gasteiger partial charge in [-0.15, -0.1) is 6.26 Å². The Hall–Kier alpha value is 0.210. The van der Waals surface area contributed by atoms with Crippen molar-refractivity contribution in [2.45, 2.75) is 13.8 Å². The van der Waals surface area contributed by atoms with Gasteiger partial charge in [0.2, 0.25) is 0 Å². The van der Waals surface area contributed by atoms with Gasteiger partial charge in [-0.1, -0.05) is 0 Å². The molecule has 0 fully saturated rings. The zero-order valence-corrected chi connectivity index (χ0v) is 7.39. The molecule has 0 rings (SSSR count). The number of Topliss-reactive ketones (excluding diaryl/α,β-unsaturated/α-hetero) is 1. The predicted octanol–water partition coefficient (Wildman–Crippen LogP) is -3.16. The van der Waals surface area contributed by atoms with Gasteiger partial charge in [-0.3, -0.25) is 4.79 Å². The molecule has 0 radical (unpaired) electrons. The molecule has 0 N–H and O–H groups in total. The summed E-state index contributed by atoms with van der Waals surface area (Å²) >= 11 is 0. The third-order valence-electron chi connectivity index (χ3n) is 0.732. The van der Waals surface area contributed by atoms with E-state index in [1.807, 2.05) is 0 Å². The van der Waals surface area contributed by atoms with Crippen LogP contribution >= 0.6 is 0 Å². The quantitative estimate of drug-likeness (QED) is 0.209. The molecular formula is C5H7NaO2. The van der Waals surface area contributed by atoms with E-state index in [2.05, 4.69) is 0 Å². The molecule has 0 aromatic carbocycles. The van der Waals surface area contributed by atoms with E-state index in [4.69, 9.17) is 0 Å². The Morgan fingerprint density at radius 3 is 1.88 bits per heavy atom. The molecule has 0 aromatic heterocycles. The second-order valence-electron chi connectivity index (χ2n) is 1.36. The Labute approximate surface area is 70.9 Å². The molecule has 8 heavy (non-hydrogen) atoms. The first kappa shape index (κ1) is 11.1. The van der Waals surface area contributed by atoms with Crippen LogP contribution in [0.3, 0.4) is 0 Å². The van der Waals surface area contributed by atoms with E-state index in [1.165, 1.54) is 13.8 Å². The fourth-order valence-corrected chi connectivity index (χ4v) is 0.0830. The molecule has 0 saturated heterocycles. The van der Waals surface area contributed by atoms with E-state index < -0.39 is 0 Å². The van der Waals surface area contributed by atoms with Crippen LogP contribution in [0.15, 0.2) is 11.8 Å². The van der Waals surface area contributed by atoms with Gasteiger partial charge in [-0.2, -0.15) is 0 Å². The fraction of sp³-hybridized carbons (Fsp3) is 0.400. The first-order valence-corrected chi connectivity index (χ1v) is 1.98. The van der Waals surface area contributed by atoms with Crippen molar-refractivity contribution in [2.75, 3.05) is 0 Å². The zero-order chi connectivity index (χ0) is 5.86. The minimum absolute atomic E-state index is 0. The van der Waals surface area contributed by atoms with Gasteiger partial charge >= 0.3 is 29.6 Å². The average Bonchev–Trinajstić information content (AvgIpc) is 1.65. The predicted molar refractivity (Wildman–Crippen MR) is 24.4 cm³/mol. The van der Waals surface area contributed by atoms with E-state index in [0.29, 0.717) is 6.26 Å². The second-order valence-corrected chi connectivity index (χ2v) is 1.36. The molecule has 0 heterocycles. The van der Waals surface area contributed by atoms with Crippen molar-refractivity contribution in [3.05, 3.63) is 11.8 Å². The SMILES string of the molecule is CC(=O)/C(C)=C\[O-].[Na+]. The van der Waals surface area contributed by atoms with E-state index in [1.54, 1.807) is 0 Å². The Morgan fingerprint density at radius 2 is 1.88 bits per heavy atom. The summed E-state index contributed by atoms with van der Waals surface area (Å²) in [7, 11) is 0. The maximum absolute atomic E-state index is 10.1. The van der Waals surface area contributed by atoms with Crippen LogP contribution in [0.1, 0.15) is 13.8 Å². The van der Waals surface area contributed by atoms with Gasteiger partial charge in [0, 0.05) is 0 Å². The van der Waals surface area contributed by atoms with Crippen LogP contribution in [0, 0.1) is 0 Å². The van der Waals surface area contributed by atoms with Crippen molar-refractivity contribution >= 4 is 5.78 Å². The van der Waals surface area contributed by atoms with E-state index in [0.717, 1.165) is 0 Å². The summed E-state index contributed by atoms with van der Waals surface area (Å²) in [5.74, 6) is -0.157. The van der Waals surface area contributed by atoms with Gasteiger partial charge in [-0.05, 0) is 19.4 Å². The van der Waals surface area contributed by atoms with Crippen LogP contribution in [-0.2, 0) is 4.79 Å². The maximum atomic E-state index is 10.1. The molecule has 0 atom stereocenters. The Morgan fingerprint density at radius 1 is 1.50 bits per heavy atom. The summed E-state index contributed by atoms with van der Waals surface area (Å²) in [5.41, 5.74) is 0.278. The Bertz CT molecular complexity index is 107. The molecule has 0 aliphatic carbocycles. The number of carbonyl (C=O) groups is 1. The summed E-state index contributed by atoms with van der Waals surface area (Å²) in [5, 5.41) is 9.69. The first-order chi connectivity index (χ1) is 3.18. The van der Waals surface area contributed by atoms with Gasteiger partial charge in [0.25, 0.3) is 0 Å². The smallest absolute Gasteiger partial charge is 0.878 e. The van der Waals surface area contributed by atoms with Crippen LogP contribution < -0.4 is 34.7 Å². The van der Waals surface area contributed by atoms with Crippen LogP contribution in [-0.4, -0.2) is 5.78 Å². The van der Waals surface area contributed by atoms with Crippen LogP contribution in [0.5, 0.6) is 0 Å². The van der Waals surface area contributed by atoms with Crippen molar-refractivity contribution in [1.29, 1.82) is 0 Å². The number of hydrogen-bond donors (Lipinski definition) is 0. The standard InChI is InChI=1S/C5H8O2.Na/c1-4(3-6)5(2)7;/h3,6H,1-2H3;/q;+1/p-1/b4-3-;. The van der Waals surface area contributed by atoms with Crippen molar-refractivity contribution in [1.82, 2.24) is 0 Å². The number of carbonyl (C=O) groups excluding carboxylic acids is 1. The summed E-state index contributed by atoms with van der Waals surface area (Å²) in [6.07, 6.45) is 0.558. The fourth-order valence-electron chi connectivity index (χ4n) is 0.0830. The summed E-state index contributed by atoms with van der Waals surface area (Å²) in [6.45, 7) is 2.86. The number of rotatable bonds is 1. The Kier molecular flexibility index (Phi) is 7.40. The van der Waals surface area contributed by atoms with Crippen LogP contribution in [0.4, 0.5) is 0 Å². The average molecular weight is 122 g/mol. The van der Waals surface area contributed by atoms with Gasteiger partial charge < -0.3 is 5.11 Å². The Balaban J connectivity index is 0. The van der Waals surface area contributed by atoms with Crippen molar-refractivity contribution in [3.8, 4) is 0 Å². The minimum atomic E-state index is -0.157. The maximum Gasteiger partial charge on any atom is 1.00 e. The first-order valence-electron chi connectivity index (χ1n) is 1.98. The molecule has 0 unspecified atom stereocenters. The third-order valence-corrected chi connectivity index (χ3v) is 0.732. The van der Waals surface area contributed by atoms with Gasteiger partial charge in [0.15, 0.2) is 5.78 Å². The molecule has 0 aliphatic rings. The van der Waals surface area contributed by atoms with Gasteiger partial charge in [-0.25, -0.2) is 0 Å². The molecule has 0 aliphatic heterocycles. The van der Waals surface area contributed by atoms with Gasteiger partial charge in [0.1, 0.15) is 0 Å². The molecule has 0 bridgehead atoms. The number of allylic oxidation sites excluding steroid dienone is 1. The zero-order valence-electron chi connectivity index (χ0n) is 5.39. The van der Waals surface area contributed by atoms with E-state index in [-0.39, 0.29) is 40.9 Å². The molecule has 0 aromatic rings. The monoisotopic (exact) mass is 122 g/mol. The molecule has 0 saturated carbocycles. The normalized spacial score (nSPS) is 10.0. The molecule has 40 valence electrons. The molecule has 0 spiro atoms. The summed E-state index contributed by atoms with van der Waals surface area (Å²) in [6, 6.07) is 0. The third kappa shape index (κ3) is 4.37. The van der Waals surface area contributed by atoms with Crippen LogP contribution in [0.2, 0.25) is 0 Å². The largest absolute Gasteiger partial charge is 1.00 e. The molecule has 3 heteroatoms. The molecular weight excluding hydrogens is 115 g/mol. The van der Waals surface area contributed by atoms with E-state index in [9.17, 15) is 9.90 Å². The summed E-state index contributed by atoms with van der Waals surface area (Å²) < 4.78 is 0. The van der Waals surface area contributed by atoms with Crippen molar-refractivity contribution < 1.29 is 39.5 Å². The van der Waals surface area contributed by atoms with Crippen molar-refractivity contribution in [2.24, 2.45) is 0 Å².